The molecule has 2 rings (SSSR count). The second kappa shape index (κ2) is 7.62. The van der Waals surface area contributed by atoms with Crippen LogP contribution in [0.2, 0.25) is 0 Å². The number of hydrogen-bond acceptors (Lipinski definition) is 2. The SMILES string of the molecule is Cc1cnc(CCNC(=O)CC(C)C)n1C1CCCCC1. The maximum Gasteiger partial charge on any atom is 0.220 e. The van der Waals surface area contributed by atoms with E-state index in [1.807, 2.05) is 6.20 Å². The van der Waals surface area contributed by atoms with Crippen molar-refractivity contribution in [2.45, 2.75) is 71.8 Å². The van der Waals surface area contributed by atoms with Crippen molar-refractivity contribution in [2.24, 2.45) is 5.92 Å². The summed E-state index contributed by atoms with van der Waals surface area (Å²) in [6.07, 6.45) is 9.96. The third-order valence-electron chi connectivity index (χ3n) is 4.26. The molecule has 1 aromatic heterocycles. The number of imidazole rings is 1. The predicted octanol–water partition coefficient (Wildman–Crippen LogP) is 3.40. The van der Waals surface area contributed by atoms with Gasteiger partial charge in [-0.1, -0.05) is 33.1 Å². The van der Waals surface area contributed by atoms with Gasteiger partial charge in [0.1, 0.15) is 5.82 Å². The van der Waals surface area contributed by atoms with E-state index in [4.69, 9.17) is 0 Å². The molecule has 1 amide bonds. The van der Waals surface area contributed by atoms with Gasteiger partial charge in [-0.15, -0.1) is 0 Å². The van der Waals surface area contributed by atoms with Gasteiger partial charge in [0, 0.05) is 37.3 Å². The van der Waals surface area contributed by atoms with E-state index in [0.29, 0.717) is 24.9 Å². The number of amides is 1. The first-order valence-corrected chi connectivity index (χ1v) is 8.37. The molecule has 1 heterocycles. The molecule has 0 radical (unpaired) electrons. The van der Waals surface area contributed by atoms with E-state index in [1.54, 1.807) is 0 Å². The van der Waals surface area contributed by atoms with Crippen molar-refractivity contribution in [1.82, 2.24) is 14.9 Å². The number of carbonyl (C=O) groups excluding carboxylic acids is 1. The Bertz CT molecular complexity index is 459. The average Bonchev–Trinajstić information content (AvgIpc) is 2.80. The molecule has 4 heteroatoms. The minimum absolute atomic E-state index is 0.150. The van der Waals surface area contributed by atoms with E-state index in [1.165, 1.54) is 37.8 Å². The number of rotatable bonds is 6. The highest BCUT2D eigenvalue weighted by Crippen LogP contribution is 2.30. The van der Waals surface area contributed by atoms with Crippen molar-refractivity contribution in [2.75, 3.05) is 6.54 Å². The Morgan fingerprint density at radius 3 is 2.76 bits per heavy atom. The molecule has 1 aliphatic rings. The molecule has 0 saturated heterocycles. The molecule has 0 aromatic carbocycles. The maximum absolute atomic E-state index is 11.7. The summed E-state index contributed by atoms with van der Waals surface area (Å²) in [5.41, 5.74) is 1.26. The Kier molecular flexibility index (Phi) is 5.83. The zero-order valence-corrected chi connectivity index (χ0v) is 13.7. The van der Waals surface area contributed by atoms with Gasteiger partial charge in [0.25, 0.3) is 0 Å². The largest absolute Gasteiger partial charge is 0.356 e. The van der Waals surface area contributed by atoms with E-state index < -0.39 is 0 Å². The van der Waals surface area contributed by atoms with E-state index >= 15 is 0 Å². The zero-order chi connectivity index (χ0) is 15.2. The van der Waals surface area contributed by atoms with Crippen LogP contribution in [-0.2, 0) is 11.2 Å². The maximum atomic E-state index is 11.7. The molecule has 1 fully saturated rings. The van der Waals surface area contributed by atoms with Gasteiger partial charge >= 0.3 is 0 Å². The second-order valence-electron chi connectivity index (χ2n) is 6.68. The lowest BCUT2D eigenvalue weighted by molar-refractivity contribution is -0.121. The number of aryl methyl sites for hydroxylation is 1. The third kappa shape index (κ3) is 4.58. The molecular weight excluding hydrogens is 262 g/mol. The molecule has 21 heavy (non-hydrogen) atoms. The first-order valence-electron chi connectivity index (χ1n) is 8.37. The van der Waals surface area contributed by atoms with Crippen LogP contribution in [-0.4, -0.2) is 22.0 Å². The molecule has 1 N–H and O–H groups in total. The minimum atomic E-state index is 0.150. The summed E-state index contributed by atoms with van der Waals surface area (Å²) in [5, 5.41) is 3.01. The minimum Gasteiger partial charge on any atom is -0.356 e. The Labute approximate surface area is 128 Å². The van der Waals surface area contributed by atoms with Crippen LogP contribution in [0.15, 0.2) is 6.20 Å². The Morgan fingerprint density at radius 2 is 2.10 bits per heavy atom. The number of nitrogens with zero attached hydrogens (tertiary/aromatic N) is 2. The Morgan fingerprint density at radius 1 is 1.38 bits per heavy atom. The van der Waals surface area contributed by atoms with Gasteiger partial charge in [0.15, 0.2) is 0 Å². The van der Waals surface area contributed by atoms with Gasteiger partial charge in [-0.05, 0) is 25.7 Å². The second-order valence-corrected chi connectivity index (χ2v) is 6.68. The summed E-state index contributed by atoms with van der Waals surface area (Å²) in [6, 6.07) is 0.614. The summed E-state index contributed by atoms with van der Waals surface area (Å²) in [7, 11) is 0. The van der Waals surface area contributed by atoms with Crippen LogP contribution in [0.1, 0.15) is 69.9 Å². The van der Waals surface area contributed by atoms with Crippen LogP contribution in [0.25, 0.3) is 0 Å². The number of nitrogens with one attached hydrogen (secondary N) is 1. The van der Waals surface area contributed by atoms with Crippen molar-refractivity contribution in [3.8, 4) is 0 Å². The smallest absolute Gasteiger partial charge is 0.220 e. The lowest BCUT2D eigenvalue weighted by atomic mass is 9.95. The Balaban J connectivity index is 1.90. The van der Waals surface area contributed by atoms with Gasteiger partial charge in [-0.3, -0.25) is 4.79 Å². The fourth-order valence-electron chi connectivity index (χ4n) is 3.28. The molecule has 4 nitrogen and oxygen atoms in total. The van der Waals surface area contributed by atoms with Crippen LogP contribution >= 0.6 is 0 Å². The first kappa shape index (κ1) is 16.1. The molecule has 0 atom stereocenters. The number of aromatic nitrogens is 2. The molecule has 0 spiro atoms. The van der Waals surface area contributed by atoms with Crippen molar-refractivity contribution >= 4 is 5.91 Å². The van der Waals surface area contributed by atoms with Crippen LogP contribution in [0, 0.1) is 12.8 Å². The highest BCUT2D eigenvalue weighted by Gasteiger charge is 2.19. The highest BCUT2D eigenvalue weighted by molar-refractivity contribution is 5.76. The standard InChI is InChI=1S/C17H29N3O/c1-13(2)11-17(21)18-10-9-16-19-12-14(3)20(16)15-7-5-4-6-8-15/h12-13,15H,4-11H2,1-3H3,(H,18,21). The van der Waals surface area contributed by atoms with Crippen molar-refractivity contribution in [1.29, 1.82) is 0 Å². The first-order chi connectivity index (χ1) is 10.1. The summed E-state index contributed by atoms with van der Waals surface area (Å²) >= 11 is 0. The average molecular weight is 291 g/mol. The quantitative estimate of drug-likeness (QED) is 0.873. The van der Waals surface area contributed by atoms with E-state index in [-0.39, 0.29) is 5.91 Å². The number of hydrogen-bond donors (Lipinski definition) is 1. The lowest BCUT2D eigenvalue weighted by Crippen LogP contribution is -2.28. The fraction of sp³-hybridized carbons (Fsp3) is 0.765. The van der Waals surface area contributed by atoms with E-state index in [2.05, 4.69) is 35.6 Å². The predicted molar refractivity (Wildman–Crippen MR) is 85.3 cm³/mol. The van der Waals surface area contributed by atoms with Crippen LogP contribution in [0.3, 0.4) is 0 Å². The Hall–Kier alpha value is -1.32. The molecule has 1 saturated carbocycles. The molecule has 0 unspecified atom stereocenters. The van der Waals surface area contributed by atoms with Crippen molar-refractivity contribution in [3.05, 3.63) is 17.7 Å². The van der Waals surface area contributed by atoms with Gasteiger partial charge in [0.05, 0.1) is 0 Å². The number of carbonyl (C=O) groups is 1. The molecule has 0 bridgehead atoms. The summed E-state index contributed by atoms with van der Waals surface area (Å²) in [5.74, 6) is 1.69. The topological polar surface area (TPSA) is 46.9 Å². The van der Waals surface area contributed by atoms with Gasteiger partial charge < -0.3 is 9.88 Å². The molecule has 0 aliphatic heterocycles. The van der Waals surface area contributed by atoms with Gasteiger partial charge in [-0.25, -0.2) is 4.98 Å². The summed E-state index contributed by atoms with van der Waals surface area (Å²) in [4.78, 5) is 16.3. The van der Waals surface area contributed by atoms with Crippen molar-refractivity contribution in [3.63, 3.8) is 0 Å². The van der Waals surface area contributed by atoms with Gasteiger partial charge in [0.2, 0.25) is 5.91 Å². The van der Waals surface area contributed by atoms with Gasteiger partial charge in [-0.2, -0.15) is 0 Å². The van der Waals surface area contributed by atoms with Crippen LogP contribution in [0.4, 0.5) is 0 Å². The van der Waals surface area contributed by atoms with E-state index in [0.717, 1.165) is 12.2 Å². The summed E-state index contributed by atoms with van der Waals surface area (Å²) in [6.45, 7) is 6.97. The molecule has 1 aliphatic carbocycles. The van der Waals surface area contributed by atoms with Crippen LogP contribution < -0.4 is 5.32 Å². The van der Waals surface area contributed by atoms with Crippen LogP contribution in [0.5, 0.6) is 0 Å². The molecule has 118 valence electrons. The summed E-state index contributed by atoms with van der Waals surface area (Å²) < 4.78 is 2.41. The fourth-order valence-corrected chi connectivity index (χ4v) is 3.28. The molecule has 1 aromatic rings. The zero-order valence-electron chi connectivity index (χ0n) is 13.7. The van der Waals surface area contributed by atoms with Crippen molar-refractivity contribution < 1.29 is 4.79 Å². The molecular formula is C17H29N3O. The van der Waals surface area contributed by atoms with E-state index in [9.17, 15) is 4.79 Å². The monoisotopic (exact) mass is 291 g/mol. The lowest BCUT2D eigenvalue weighted by Gasteiger charge is -2.26. The normalized spacial score (nSPS) is 16.4. The third-order valence-corrected chi connectivity index (χ3v) is 4.26. The highest BCUT2D eigenvalue weighted by atomic mass is 16.1.